The molecule has 0 fully saturated rings. The Labute approximate surface area is 618 Å². The minimum Gasteiger partial charge on any atom is -0.256 e. The molecule has 0 saturated heterocycles. The van der Waals surface area contributed by atoms with Crippen molar-refractivity contribution >= 4 is 131 Å². The number of fused-ring (bicyclic) bond motifs is 16. The van der Waals surface area contributed by atoms with Gasteiger partial charge in [0.25, 0.3) is 0 Å². The number of pyridine rings is 10. The molecule has 12 aromatic carbocycles. The zero-order chi connectivity index (χ0) is 71.2. The average molecular weight is 1380 g/mol. The van der Waals surface area contributed by atoms with Crippen molar-refractivity contribution in [3.05, 3.63) is 352 Å². The highest BCUT2D eigenvalue weighted by molar-refractivity contribution is 6.19. The Morgan fingerprint density at radius 1 is 0.157 bits per heavy atom. The molecule has 0 saturated carbocycles. The summed E-state index contributed by atoms with van der Waals surface area (Å²) in [4.78, 5) is 51.0. The zero-order valence-electron chi connectivity index (χ0n) is 58.0. The molecule has 0 atom stereocenters. The van der Waals surface area contributed by atoms with Crippen LogP contribution in [0.4, 0.5) is 0 Å². The van der Waals surface area contributed by atoms with Gasteiger partial charge in [0.1, 0.15) is 0 Å². The van der Waals surface area contributed by atoms with Crippen molar-refractivity contribution in [2.45, 2.75) is 0 Å². The first-order chi connectivity index (χ1) is 53.5. The first-order valence-electron chi connectivity index (χ1n) is 36.2. The fourth-order valence-electron chi connectivity index (χ4n) is 15.9. The lowest BCUT2D eigenvalue weighted by Crippen LogP contribution is -1.95. The molecule has 0 aliphatic rings. The highest BCUT2D eigenvalue weighted by atomic mass is 14.8. The van der Waals surface area contributed by atoms with Gasteiger partial charge in [-0.15, -0.1) is 0 Å². The maximum absolute atomic E-state index is 5.36. The van der Waals surface area contributed by atoms with Gasteiger partial charge in [-0.3, -0.25) is 15.0 Å². The Morgan fingerprint density at radius 3 is 1.09 bits per heavy atom. The van der Waals surface area contributed by atoms with Crippen molar-refractivity contribution in [3.8, 4) is 89.7 Å². The van der Waals surface area contributed by atoms with Crippen molar-refractivity contribution in [1.29, 1.82) is 0 Å². The smallest absolute Gasteiger partial charge is 0.0978 e. The van der Waals surface area contributed by atoms with Crippen LogP contribution in [0.1, 0.15) is 0 Å². The summed E-state index contributed by atoms with van der Waals surface area (Å²) in [6.45, 7) is 0. The zero-order valence-corrected chi connectivity index (χ0v) is 58.0. The fraction of sp³-hybridized carbons (Fsp3) is 0. The quantitative estimate of drug-likeness (QED) is 0.107. The van der Waals surface area contributed by atoms with Crippen LogP contribution in [0.2, 0.25) is 0 Å². The molecule has 0 radical (unpaired) electrons. The molecule has 10 heterocycles. The summed E-state index contributed by atoms with van der Waals surface area (Å²) in [7, 11) is 0. The van der Waals surface area contributed by atoms with E-state index in [0.717, 1.165) is 209 Å². The van der Waals surface area contributed by atoms with E-state index in [4.69, 9.17) is 49.8 Å². The second-order valence-corrected chi connectivity index (χ2v) is 27.3. The van der Waals surface area contributed by atoms with Gasteiger partial charge in [0.15, 0.2) is 0 Å². The van der Waals surface area contributed by atoms with Gasteiger partial charge in [-0.25, -0.2) is 34.9 Å². The van der Waals surface area contributed by atoms with Crippen LogP contribution in [0.15, 0.2) is 352 Å². The molecule has 0 bridgehead atoms. The summed E-state index contributed by atoms with van der Waals surface area (Å²) in [5, 5.41) is 12.8. The summed E-state index contributed by atoms with van der Waals surface area (Å²) in [6, 6.07) is 116. The Morgan fingerprint density at radius 2 is 0.537 bits per heavy atom. The second-order valence-electron chi connectivity index (χ2n) is 27.3. The maximum atomic E-state index is 5.36. The maximum Gasteiger partial charge on any atom is 0.0978 e. The molecule has 10 nitrogen and oxygen atoms in total. The lowest BCUT2D eigenvalue weighted by atomic mass is 9.93. The van der Waals surface area contributed by atoms with E-state index in [1.54, 1.807) is 0 Å². The van der Waals surface area contributed by atoms with E-state index in [2.05, 4.69) is 279 Å². The van der Waals surface area contributed by atoms with E-state index in [1.807, 2.05) is 73.2 Å². The second kappa shape index (κ2) is 25.6. The van der Waals surface area contributed by atoms with Gasteiger partial charge < -0.3 is 0 Å². The van der Waals surface area contributed by atoms with Gasteiger partial charge in [0.2, 0.25) is 0 Å². The molecule has 0 amide bonds. The first-order valence-corrected chi connectivity index (χ1v) is 36.2. The molecule has 0 aliphatic heterocycles. The highest BCUT2D eigenvalue weighted by Crippen LogP contribution is 2.44. The molecule has 500 valence electrons. The van der Waals surface area contributed by atoms with Gasteiger partial charge in [0, 0.05) is 111 Å². The molecule has 10 heteroatoms. The van der Waals surface area contributed by atoms with Crippen molar-refractivity contribution in [2.24, 2.45) is 0 Å². The lowest BCUT2D eigenvalue weighted by Gasteiger charge is -2.15. The van der Waals surface area contributed by atoms with Gasteiger partial charge in [-0.1, -0.05) is 255 Å². The van der Waals surface area contributed by atoms with Gasteiger partial charge in [0.05, 0.1) is 94.7 Å². The Balaban J connectivity index is 0.000000138. The number of nitrogens with zero attached hydrogens (tertiary/aromatic N) is 10. The highest BCUT2D eigenvalue weighted by Gasteiger charge is 2.21. The number of hydrogen-bond acceptors (Lipinski definition) is 10. The monoisotopic (exact) mass is 1370 g/mol. The van der Waals surface area contributed by atoms with E-state index < -0.39 is 0 Å². The van der Waals surface area contributed by atoms with Gasteiger partial charge in [-0.2, -0.15) is 0 Å². The number of benzene rings is 12. The topological polar surface area (TPSA) is 129 Å². The molecular formula is C98H58N10. The third-order valence-electron chi connectivity index (χ3n) is 21.0. The molecule has 22 rings (SSSR count). The van der Waals surface area contributed by atoms with Gasteiger partial charge >= 0.3 is 0 Å². The number of rotatable bonds is 8. The lowest BCUT2D eigenvalue weighted by molar-refractivity contribution is 1.32. The van der Waals surface area contributed by atoms with Crippen LogP contribution in [0.3, 0.4) is 0 Å². The summed E-state index contributed by atoms with van der Waals surface area (Å²) < 4.78 is 0. The minimum atomic E-state index is 0.812. The van der Waals surface area contributed by atoms with Crippen LogP contribution in [0.5, 0.6) is 0 Å². The summed E-state index contributed by atoms with van der Waals surface area (Å²) in [5.41, 5.74) is 27.3. The van der Waals surface area contributed by atoms with E-state index in [-0.39, 0.29) is 0 Å². The number of hydrogen-bond donors (Lipinski definition) is 0. The number of aromatic nitrogens is 10. The van der Waals surface area contributed by atoms with Crippen LogP contribution in [-0.4, -0.2) is 49.8 Å². The van der Waals surface area contributed by atoms with Crippen molar-refractivity contribution in [1.82, 2.24) is 49.8 Å². The minimum absolute atomic E-state index is 0.812. The molecular weight excluding hydrogens is 1320 g/mol. The Hall–Kier alpha value is -14.7. The Kier molecular flexibility index (Phi) is 14.7. The predicted octanol–water partition coefficient (Wildman–Crippen LogP) is 24.5. The average Bonchev–Trinajstić information content (AvgIpc) is 0.743. The summed E-state index contributed by atoms with van der Waals surface area (Å²) in [6.07, 6.45) is 5.63. The van der Waals surface area contributed by atoms with Crippen molar-refractivity contribution in [2.75, 3.05) is 0 Å². The fourth-order valence-corrected chi connectivity index (χ4v) is 15.9. The molecule has 0 unspecified atom stereocenters. The Bertz CT molecular complexity index is 7430. The van der Waals surface area contributed by atoms with Crippen LogP contribution in [-0.2, 0) is 0 Å². The van der Waals surface area contributed by atoms with Crippen molar-refractivity contribution < 1.29 is 0 Å². The third kappa shape index (κ3) is 10.6. The summed E-state index contributed by atoms with van der Waals surface area (Å²) >= 11 is 0. The van der Waals surface area contributed by atoms with E-state index >= 15 is 0 Å². The normalized spacial score (nSPS) is 11.7. The molecule has 0 aliphatic carbocycles. The van der Waals surface area contributed by atoms with E-state index in [9.17, 15) is 0 Å². The largest absolute Gasteiger partial charge is 0.256 e. The van der Waals surface area contributed by atoms with Crippen LogP contribution < -0.4 is 0 Å². The number of para-hydroxylation sites is 2. The van der Waals surface area contributed by atoms with Gasteiger partial charge in [-0.05, 0) is 112 Å². The first kappa shape index (κ1) is 61.9. The standard InChI is InChI=1S/2C49H29N5/c1-3-10-30(11-4-1)41-25-19-32-17-21-37-35(27-29-51-48(37)45(32)52-41)34-23-24-39(47-36(34)15-9-28-50-47)43-26-20-33-18-22-40-44(31-12-5-2-6-13-31)38-14-7-8-16-42(38)54-49(40)46(33)53-43;1-3-9-30(10-4-1)40-23-17-32-15-21-37-36(27-28-50-48(37)46(32)52-40)34-19-24-41-35(29-34)20-26-43(51-41)44-25-18-33-16-22-39-45(31-11-5-2-6-12-31)38-13-7-8-14-42(38)53-49(39)47(33)54-44/h2*1-29H. The van der Waals surface area contributed by atoms with Crippen LogP contribution >= 0.6 is 0 Å². The molecule has 22 aromatic rings. The molecule has 108 heavy (non-hydrogen) atoms. The molecule has 0 N–H and O–H groups in total. The SMILES string of the molecule is c1ccc(-c2ccc3ccc4c(-c5ccc(-c6ccc7ccc8c(-c9ccccc9)c9ccccc9nc8c7n6)c6ncccc56)ccnc4c3n2)cc1.c1ccc(-c2ccc3ccc4c(-c5ccc6nc(-c7ccc8ccc9c(-c%10ccccc%10)c%10ccccc%10nc9c8n7)ccc6c5)ccnc4c3n2)cc1. The van der Waals surface area contributed by atoms with Crippen LogP contribution in [0.25, 0.3) is 221 Å². The molecule has 0 spiro atoms. The molecule has 10 aromatic heterocycles. The van der Waals surface area contributed by atoms with E-state index in [1.165, 1.54) is 11.1 Å². The van der Waals surface area contributed by atoms with Crippen molar-refractivity contribution in [3.63, 3.8) is 0 Å². The van der Waals surface area contributed by atoms with Crippen LogP contribution in [0, 0.1) is 0 Å². The predicted molar refractivity (Wildman–Crippen MR) is 444 cm³/mol. The third-order valence-corrected chi connectivity index (χ3v) is 21.0. The summed E-state index contributed by atoms with van der Waals surface area (Å²) in [5.74, 6) is 0. The van der Waals surface area contributed by atoms with E-state index in [0.29, 0.717) is 0 Å².